The molecule has 0 bridgehead atoms. The second-order valence-corrected chi connectivity index (χ2v) is 4.92. The molecule has 0 radical (unpaired) electrons. The molecular formula is C15H14N4O2. The Kier molecular flexibility index (Phi) is 2.94. The highest BCUT2D eigenvalue weighted by molar-refractivity contribution is 5.92. The predicted octanol–water partition coefficient (Wildman–Crippen LogP) is 2.44. The maximum atomic E-state index is 11.3. The minimum absolute atomic E-state index is 0.210. The van der Waals surface area contributed by atoms with Gasteiger partial charge in [-0.05, 0) is 20.8 Å². The Hall–Kier alpha value is -2.76. The Morgan fingerprint density at radius 2 is 1.71 bits per heavy atom. The van der Waals surface area contributed by atoms with Crippen molar-refractivity contribution >= 4 is 16.7 Å². The Morgan fingerprint density at radius 3 is 2.33 bits per heavy atom. The molecule has 1 aromatic carbocycles. The van der Waals surface area contributed by atoms with Crippen molar-refractivity contribution in [3.05, 3.63) is 46.9 Å². The first-order valence-electron chi connectivity index (χ1n) is 6.52. The molecule has 3 rings (SSSR count). The van der Waals surface area contributed by atoms with Crippen LogP contribution >= 0.6 is 0 Å². The molecule has 6 heteroatoms. The minimum atomic E-state index is -0.986. The van der Waals surface area contributed by atoms with Gasteiger partial charge in [0, 0.05) is 10.8 Å². The van der Waals surface area contributed by atoms with Crippen LogP contribution < -0.4 is 0 Å². The minimum Gasteiger partial charge on any atom is -0.478 e. The molecule has 2 aromatic heterocycles. The van der Waals surface area contributed by atoms with Crippen LogP contribution in [0.3, 0.4) is 0 Å². The molecular weight excluding hydrogens is 268 g/mol. The Labute approximate surface area is 121 Å². The van der Waals surface area contributed by atoms with Crippen LogP contribution in [0.1, 0.15) is 27.4 Å². The molecule has 0 saturated carbocycles. The van der Waals surface area contributed by atoms with Crippen molar-refractivity contribution in [2.45, 2.75) is 20.8 Å². The number of hydrogen-bond acceptors (Lipinski definition) is 4. The summed E-state index contributed by atoms with van der Waals surface area (Å²) in [6, 6.07) is 7.75. The fraction of sp³-hybridized carbons (Fsp3) is 0.200. The molecule has 21 heavy (non-hydrogen) atoms. The van der Waals surface area contributed by atoms with Gasteiger partial charge in [-0.25, -0.2) is 9.48 Å². The molecule has 6 nitrogen and oxygen atoms in total. The van der Waals surface area contributed by atoms with Gasteiger partial charge in [-0.1, -0.05) is 24.3 Å². The van der Waals surface area contributed by atoms with Gasteiger partial charge in [-0.15, -0.1) is 5.10 Å². The monoisotopic (exact) mass is 282 g/mol. The van der Waals surface area contributed by atoms with Crippen LogP contribution in [0.4, 0.5) is 0 Å². The van der Waals surface area contributed by atoms with E-state index in [0.717, 1.165) is 16.5 Å². The van der Waals surface area contributed by atoms with Crippen molar-refractivity contribution in [3.63, 3.8) is 0 Å². The number of benzene rings is 1. The molecule has 0 spiro atoms. The number of rotatable bonds is 2. The summed E-state index contributed by atoms with van der Waals surface area (Å²) in [5.41, 5.74) is 2.05. The number of aryl methyl sites for hydroxylation is 2. The van der Waals surface area contributed by atoms with Crippen molar-refractivity contribution in [3.8, 4) is 5.82 Å². The molecule has 0 unspecified atom stereocenters. The molecule has 0 aliphatic heterocycles. The van der Waals surface area contributed by atoms with Gasteiger partial charge < -0.3 is 5.11 Å². The lowest BCUT2D eigenvalue weighted by Gasteiger charge is -2.08. The van der Waals surface area contributed by atoms with Gasteiger partial charge >= 0.3 is 5.97 Å². The molecule has 1 N–H and O–H groups in total. The van der Waals surface area contributed by atoms with Gasteiger partial charge in [0.15, 0.2) is 5.82 Å². The van der Waals surface area contributed by atoms with Gasteiger partial charge in [0.2, 0.25) is 0 Å². The van der Waals surface area contributed by atoms with Crippen LogP contribution in [-0.4, -0.2) is 31.1 Å². The lowest BCUT2D eigenvalue weighted by atomic mass is 10.1. The smallest absolute Gasteiger partial charge is 0.339 e. The van der Waals surface area contributed by atoms with Crippen LogP contribution in [0.15, 0.2) is 24.3 Å². The first kappa shape index (κ1) is 13.2. The van der Waals surface area contributed by atoms with Crippen molar-refractivity contribution in [1.29, 1.82) is 0 Å². The van der Waals surface area contributed by atoms with Crippen LogP contribution in [0.5, 0.6) is 0 Å². The molecule has 0 saturated heterocycles. The summed E-state index contributed by atoms with van der Waals surface area (Å²) in [4.78, 5) is 11.3. The second-order valence-electron chi connectivity index (χ2n) is 4.92. The number of nitrogens with zero attached hydrogens (tertiary/aromatic N) is 4. The third-order valence-electron chi connectivity index (χ3n) is 3.56. The van der Waals surface area contributed by atoms with Gasteiger partial charge in [-0.2, -0.15) is 10.2 Å². The summed E-state index contributed by atoms with van der Waals surface area (Å²) in [5, 5.41) is 23.8. The average molecular weight is 282 g/mol. The molecule has 3 aromatic rings. The topological polar surface area (TPSA) is 80.9 Å². The van der Waals surface area contributed by atoms with E-state index in [1.54, 1.807) is 18.5 Å². The zero-order valence-corrected chi connectivity index (χ0v) is 12.0. The number of aromatic nitrogens is 4. The predicted molar refractivity (Wildman–Crippen MR) is 77.8 cm³/mol. The van der Waals surface area contributed by atoms with Gasteiger partial charge in [0.05, 0.1) is 17.1 Å². The Bertz CT molecular complexity index is 867. The van der Waals surface area contributed by atoms with Crippen molar-refractivity contribution in [2.75, 3.05) is 0 Å². The first-order chi connectivity index (χ1) is 10.0. The summed E-state index contributed by atoms with van der Waals surface area (Å²) in [6.45, 7) is 5.29. The molecule has 0 aliphatic carbocycles. The van der Waals surface area contributed by atoms with Crippen LogP contribution in [0, 0.1) is 20.8 Å². The molecule has 0 atom stereocenters. The maximum Gasteiger partial charge on any atom is 0.339 e. The fourth-order valence-corrected chi connectivity index (χ4v) is 2.54. The number of carboxylic acids is 1. The third-order valence-corrected chi connectivity index (χ3v) is 3.56. The standard InChI is InChI=1S/C15H14N4O2/c1-8-11-6-4-5-7-12(11)14(17-16-8)19-10(3)13(15(20)21)9(2)18-19/h4-7H,1-3H3,(H,20,21). The largest absolute Gasteiger partial charge is 0.478 e. The molecule has 2 heterocycles. The van der Waals surface area contributed by atoms with Crippen LogP contribution in [0.2, 0.25) is 0 Å². The van der Waals surface area contributed by atoms with E-state index in [2.05, 4.69) is 15.3 Å². The zero-order chi connectivity index (χ0) is 15.1. The molecule has 0 amide bonds. The summed E-state index contributed by atoms with van der Waals surface area (Å²) in [5.74, 6) is -0.440. The number of fused-ring (bicyclic) bond motifs is 1. The van der Waals surface area contributed by atoms with E-state index in [9.17, 15) is 9.90 Å². The number of carbonyl (C=O) groups is 1. The zero-order valence-electron chi connectivity index (χ0n) is 12.0. The highest BCUT2D eigenvalue weighted by Crippen LogP contribution is 2.24. The second kappa shape index (κ2) is 4.66. The fourth-order valence-electron chi connectivity index (χ4n) is 2.54. The summed E-state index contributed by atoms with van der Waals surface area (Å²) in [7, 11) is 0. The number of hydrogen-bond donors (Lipinski definition) is 1. The number of aromatic carboxylic acids is 1. The highest BCUT2D eigenvalue weighted by atomic mass is 16.4. The first-order valence-corrected chi connectivity index (χ1v) is 6.52. The van der Waals surface area contributed by atoms with Crippen LogP contribution in [-0.2, 0) is 0 Å². The van der Waals surface area contributed by atoms with Crippen molar-refractivity contribution in [1.82, 2.24) is 20.0 Å². The molecule has 0 aliphatic rings. The van der Waals surface area contributed by atoms with Crippen LogP contribution in [0.25, 0.3) is 16.6 Å². The lowest BCUT2D eigenvalue weighted by molar-refractivity contribution is 0.0695. The van der Waals surface area contributed by atoms with E-state index in [1.165, 1.54) is 0 Å². The SMILES string of the molecule is Cc1nn(-c2nnc(C)c3ccccc23)c(C)c1C(=O)O. The maximum absolute atomic E-state index is 11.3. The molecule has 0 fully saturated rings. The van der Waals surface area contributed by atoms with E-state index >= 15 is 0 Å². The number of carboxylic acid groups (broad SMARTS) is 1. The highest BCUT2D eigenvalue weighted by Gasteiger charge is 2.20. The van der Waals surface area contributed by atoms with E-state index in [4.69, 9.17) is 0 Å². The molecule has 106 valence electrons. The van der Waals surface area contributed by atoms with E-state index in [-0.39, 0.29) is 5.56 Å². The quantitative estimate of drug-likeness (QED) is 0.780. The summed E-state index contributed by atoms with van der Waals surface area (Å²) >= 11 is 0. The van der Waals surface area contributed by atoms with Gasteiger partial charge in [0.1, 0.15) is 5.56 Å². The Balaban J connectivity index is 2.34. The summed E-state index contributed by atoms with van der Waals surface area (Å²) in [6.07, 6.45) is 0. The van der Waals surface area contributed by atoms with E-state index in [0.29, 0.717) is 17.2 Å². The third kappa shape index (κ3) is 1.96. The normalized spacial score (nSPS) is 11.0. The van der Waals surface area contributed by atoms with Gasteiger partial charge in [-0.3, -0.25) is 0 Å². The van der Waals surface area contributed by atoms with Crippen molar-refractivity contribution in [2.24, 2.45) is 0 Å². The van der Waals surface area contributed by atoms with Crippen molar-refractivity contribution < 1.29 is 9.90 Å². The van der Waals surface area contributed by atoms with E-state index < -0.39 is 5.97 Å². The lowest BCUT2D eigenvalue weighted by Crippen LogP contribution is -2.07. The van der Waals surface area contributed by atoms with E-state index in [1.807, 2.05) is 31.2 Å². The average Bonchev–Trinajstić information content (AvgIpc) is 2.75. The van der Waals surface area contributed by atoms with Gasteiger partial charge in [0.25, 0.3) is 0 Å². The summed E-state index contributed by atoms with van der Waals surface area (Å²) < 4.78 is 1.55. The Morgan fingerprint density at radius 1 is 1.05 bits per heavy atom.